The maximum absolute atomic E-state index is 14.3. The fraction of sp³-hybridized carbons (Fsp3) is 0.296. The highest BCUT2D eigenvalue weighted by atomic mass is 35.5. The quantitative estimate of drug-likeness (QED) is 0.375. The maximum atomic E-state index is 14.3. The molecule has 37 heavy (non-hydrogen) atoms. The molecule has 0 bridgehead atoms. The normalized spacial score (nSPS) is 13.9. The van der Waals surface area contributed by atoms with Crippen LogP contribution in [0.4, 0.5) is 15.9 Å². The van der Waals surface area contributed by atoms with Crippen LogP contribution in [0, 0.1) is 18.7 Å². The van der Waals surface area contributed by atoms with Crippen molar-refractivity contribution in [3.63, 3.8) is 0 Å². The Morgan fingerprint density at radius 3 is 2.65 bits per heavy atom. The number of aromatic nitrogens is 3. The molecule has 3 heterocycles. The summed E-state index contributed by atoms with van der Waals surface area (Å²) in [5.41, 5.74) is 10.2. The van der Waals surface area contributed by atoms with Crippen molar-refractivity contribution in [2.45, 2.75) is 19.8 Å². The average molecular weight is 525 g/mol. The van der Waals surface area contributed by atoms with Crippen LogP contribution in [-0.2, 0) is 0 Å². The van der Waals surface area contributed by atoms with Crippen molar-refractivity contribution in [2.75, 3.05) is 32.1 Å². The first-order valence-corrected chi connectivity index (χ1v) is 12.0. The van der Waals surface area contributed by atoms with E-state index in [0.29, 0.717) is 35.1 Å². The summed E-state index contributed by atoms with van der Waals surface area (Å²) in [4.78, 5) is 24.0. The number of aryl methyl sites for hydroxylation is 1. The zero-order valence-electron chi connectivity index (χ0n) is 20.8. The van der Waals surface area contributed by atoms with E-state index < -0.39 is 5.82 Å². The molecule has 3 N–H and O–H groups in total. The molecule has 0 atom stereocenters. The minimum absolute atomic E-state index is 0. The van der Waals surface area contributed by atoms with Gasteiger partial charge in [0.15, 0.2) is 23.0 Å². The summed E-state index contributed by atoms with van der Waals surface area (Å²) >= 11 is 0. The van der Waals surface area contributed by atoms with Crippen LogP contribution in [-0.4, -0.2) is 51.9 Å². The molecule has 1 saturated heterocycles. The number of imidazole rings is 1. The van der Waals surface area contributed by atoms with E-state index in [1.54, 1.807) is 30.7 Å². The van der Waals surface area contributed by atoms with Gasteiger partial charge < -0.3 is 20.7 Å². The minimum atomic E-state index is -0.439. The minimum Gasteiger partial charge on any atom is -0.494 e. The molecule has 0 spiro atoms. The third-order valence-electron chi connectivity index (χ3n) is 6.83. The summed E-state index contributed by atoms with van der Waals surface area (Å²) < 4.78 is 21.2. The van der Waals surface area contributed by atoms with Crippen LogP contribution in [0.3, 0.4) is 0 Å². The Morgan fingerprint density at radius 1 is 1.19 bits per heavy atom. The van der Waals surface area contributed by atoms with E-state index in [2.05, 4.69) is 15.3 Å². The number of amides is 1. The van der Waals surface area contributed by atoms with E-state index in [0.717, 1.165) is 42.9 Å². The van der Waals surface area contributed by atoms with Crippen molar-refractivity contribution < 1.29 is 13.9 Å². The number of benzene rings is 2. The van der Waals surface area contributed by atoms with E-state index in [1.165, 1.54) is 13.2 Å². The lowest BCUT2D eigenvalue weighted by atomic mass is 9.96. The first-order valence-electron chi connectivity index (χ1n) is 12.0. The van der Waals surface area contributed by atoms with Gasteiger partial charge in [-0.2, -0.15) is 0 Å². The Balaban J connectivity index is 0.00000320. The molecule has 8 nitrogen and oxygen atoms in total. The molecule has 1 fully saturated rings. The molecular formula is C27H30ClFN6O2. The van der Waals surface area contributed by atoms with Gasteiger partial charge in [0, 0.05) is 42.3 Å². The molecule has 194 valence electrons. The first-order chi connectivity index (χ1) is 17.5. The second kappa shape index (κ2) is 11.1. The largest absolute Gasteiger partial charge is 0.494 e. The lowest BCUT2D eigenvalue weighted by Gasteiger charge is -2.31. The van der Waals surface area contributed by atoms with Crippen molar-refractivity contribution in [1.29, 1.82) is 0 Å². The Morgan fingerprint density at radius 2 is 1.97 bits per heavy atom. The third kappa shape index (κ3) is 5.23. The van der Waals surface area contributed by atoms with Crippen molar-refractivity contribution in [2.24, 2.45) is 11.7 Å². The van der Waals surface area contributed by atoms with Gasteiger partial charge in [-0.25, -0.2) is 14.4 Å². The monoisotopic (exact) mass is 524 g/mol. The predicted molar refractivity (Wildman–Crippen MR) is 144 cm³/mol. The Hall–Kier alpha value is -3.69. The van der Waals surface area contributed by atoms with Gasteiger partial charge in [-0.3, -0.25) is 9.20 Å². The Kier molecular flexibility index (Phi) is 7.94. The average Bonchev–Trinajstić information content (AvgIpc) is 3.34. The van der Waals surface area contributed by atoms with Gasteiger partial charge in [0.25, 0.3) is 5.91 Å². The van der Waals surface area contributed by atoms with Crippen LogP contribution >= 0.6 is 12.4 Å². The van der Waals surface area contributed by atoms with Gasteiger partial charge >= 0.3 is 0 Å². The van der Waals surface area contributed by atoms with Crippen molar-refractivity contribution in [3.05, 3.63) is 71.9 Å². The number of hydrogen-bond acceptors (Lipinski definition) is 6. The van der Waals surface area contributed by atoms with Crippen molar-refractivity contribution in [1.82, 2.24) is 19.3 Å². The summed E-state index contributed by atoms with van der Waals surface area (Å²) in [6, 6.07) is 10.5. The molecule has 1 amide bonds. The lowest BCUT2D eigenvalue weighted by molar-refractivity contribution is 0.0692. The highest BCUT2D eigenvalue weighted by molar-refractivity contribution is 5.96. The number of anilines is 2. The number of fused-ring (bicyclic) bond motifs is 1. The zero-order chi connectivity index (χ0) is 25.2. The maximum Gasteiger partial charge on any atom is 0.254 e. The second-order valence-electron chi connectivity index (χ2n) is 9.09. The highest BCUT2D eigenvalue weighted by Gasteiger charge is 2.24. The van der Waals surface area contributed by atoms with E-state index in [9.17, 15) is 9.18 Å². The molecule has 5 rings (SSSR count). The summed E-state index contributed by atoms with van der Waals surface area (Å²) in [7, 11) is 1.44. The molecule has 0 radical (unpaired) electrons. The molecule has 2 aromatic carbocycles. The van der Waals surface area contributed by atoms with Gasteiger partial charge in [0.05, 0.1) is 19.0 Å². The van der Waals surface area contributed by atoms with Crippen LogP contribution < -0.4 is 15.8 Å². The number of rotatable bonds is 6. The number of nitrogens with one attached hydrogen (secondary N) is 1. The summed E-state index contributed by atoms with van der Waals surface area (Å²) in [6.45, 7) is 4.10. The number of nitrogens with two attached hydrogens (primary N) is 1. The van der Waals surface area contributed by atoms with E-state index in [1.807, 2.05) is 34.4 Å². The number of halogens is 2. The molecule has 0 aliphatic carbocycles. The molecule has 1 aliphatic heterocycles. The molecule has 4 aromatic rings. The summed E-state index contributed by atoms with van der Waals surface area (Å²) in [6.07, 6.45) is 7.03. The Labute approximate surface area is 221 Å². The van der Waals surface area contributed by atoms with E-state index in [4.69, 9.17) is 10.5 Å². The highest BCUT2D eigenvalue weighted by Crippen LogP contribution is 2.29. The number of nitrogens with zero attached hydrogens (tertiary/aromatic N) is 4. The number of piperidine rings is 1. The zero-order valence-corrected chi connectivity index (χ0v) is 21.6. The van der Waals surface area contributed by atoms with Gasteiger partial charge in [-0.15, -0.1) is 12.4 Å². The number of methoxy groups -OCH3 is 1. The fourth-order valence-corrected chi connectivity index (χ4v) is 4.71. The van der Waals surface area contributed by atoms with Gasteiger partial charge in [-0.1, -0.05) is 0 Å². The standard InChI is InChI=1S/C27H29FN6O2.ClH/c1-17-13-20(4-5-21(17)27(35)33-10-7-18(15-29)8-11-33)32-25-26-31-16-23(34(26)12-9-30-25)19-3-6-24(36-2)22(28)14-19;/h3-6,9,12-14,16,18H,7-8,10-11,15,29H2,1-2H3,(H,30,32);1H. The molecule has 1 aliphatic rings. The number of carbonyl (C=O) groups excluding carboxylic acids is 1. The number of carbonyl (C=O) groups is 1. The lowest BCUT2D eigenvalue weighted by Crippen LogP contribution is -2.40. The Bertz CT molecular complexity index is 1420. The van der Waals surface area contributed by atoms with Crippen LogP contribution in [0.15, 0.2) is 55.0 Å². The molecule has 0 unspecified atom stereocenters. The first kappa shape index (κ1) is 26.4. The van der Waals surface area contributed by atoms with Crippen molar-refractivity contribution in [3.8, 4) is 17.0 Å². The summed E-state index contributed by atoms with van der Waals surface area (Å²) in [5, 5.41) is 3.31. The SMILES string of the molecule is COc1ccc(-c2cnc3c(Nc4ccc(C(=O)N5CCC(CN)CC5)c(C)c4)nccn23)cc1F.Cl. The van der Waals surface area contributed by atoms with Crippen LogP contribution in [0.25, 0.3) is 16.9 Å². The summed E-state index contributed by atoms with van der Waals surface area (Å²) in [5.74, 6) is 0.864. The van der Waals surface area contributed by atoms with Crippen LogP contribution in [0.1, 0.15) is 28.8 Å². The van der Waals surface area contributed by atoms with Crippen LogP contribution in [0.5, 0.6) is 5.75 Å². The molecule has 10 heteroatoms. The number of ether oxygens (including phenoxy) is 1. The smallest absolute Gasteiger partial charge is 0.254 e. The second-order valence-corrected chi connectivity index (χ2v) is 9.09. The van der Waals surface area contributed by atoms with Gasteiger partial charge in [-0.05, 0) is 74.2 Å². The molecular weight excluding hydrogens is 495 g/mol. The van der Waals surface area contributed by atoms with E-state index in [-0.39, 0.29) is 24.1 Å². The molecule has 2 aromatic heterocycles. The van der Waals surface area contributed by atoms with Crippen molar-refractivity contribution >= 4 is 35.5 Å². The fourth-order valence-electron chi connectivity index (χ4n) is 4.71. The number of likely N-dealkylation sites (tertiary alicyclic amines) is 1. The topological polar surface area (TPSA) is 97.8 Å². The van der Waals surface area contributed by atoms with Crippen LogP contribution in [0.2, 0.25) is 0 Å². The number of hydrogen-bond donors (Lipinski definition) is 2. The third-order valence-corrected chi connectivity index (χ3v) is 6.83. The van der Waals surface area contributed by atoms with E-state index >= 15 is 0 Å². The van der Waals surface area contributed by atoms with Gasteiger partial charge in [0.2, 0.25) is 0 Å². The predicted octanol–water partition coefficient (Wildman–Crippen LogP) is 4.83. The molecule has 0 saturated carbocycles. The van der Waals surface area contributed by atoms with Gasteiger partial charge in [0.1, 0.15) is 0 Å².